The standard InChI is InChI=1S/C33H34N4O3S/c1-6-36(7-2)25-15-13-22(14-16-25)28-27(29(38)31-21(3)34-32(41-31)23-11-9-8-10-12-23)30(39)33(40)37(28)26-19-17-24(18-20-26)35(4)5/h8-20,28,39H,6-7H2,1-5H3. The Balaban J connectivity index is 1.61. The van der Waals surface area contributed by atoms with E-state index in [1.807, 2.05) is 97.9 Å². The van der Waals surface area contributed by atoms with Gasteiger partial charge in [-0.3, -0.25) is 14.5 Å². The highest BCUT2D eigenvalue weighted by Crippen LogP contribution is 2.44. The fourth-order valence-corrected chi connectivity index (χ4v) is 6.25. The highest BCUT2D eigenvalue weighted by atomic mass is 32.1. The fourth-order valence-electron chi connectivity index (χ4n) is 5.22. The van der Waals surface area contributed by atoms with Gasteiger partial charge in [-0.1, -0.05) is 42.5 Å². The van der Waals surface area contributed by atoms with Crippen molar-refractivity contribution in [2.75, 3.05) is 41.9 Å². The number of rotatable bonds is 9. The van der Waals surface area contributed by atoms with Crippen LogP contribution >= 0.6 is 11.3 Å². The van der Waals surface area contributed by atoms with Crippen molar-refractivity contribution in [1.29, 1.82) is 0 Å². The predicted molar refractivity (Wildman–Crippen MR) is 167 cm³/mol. The number of aryl methyl sites for hydroxylation is 1. The number of hydrogen-bond donors (Lipinski definition) is 1. The van der Waals surface area contributed by atoms with Crippen molar-refractivity contribution in [2.45, 2.75) is 26.8 Å². The lowest BCUT2D eigenvalue weighted by Crippen LogP contribution is -2.31. The maximum absolute atomic E-state index is 14.2. The molecule has 1 unspecified atom stereocenters. The number of aromatic nitrogens is 1. The van der Waals surface area contributed by atoms with E-state index in [0.29, 0.717) is 21.3 Å². The molecule has 3 aromatic carbocycles. The lowest BCUT2D eigenvalue weighted by molar-refractivity contribution is -0.117. The molecule has 7 nitrogen and oxygen atoms in total. The molecule has 0 radical (unpaired) electrons. The molecule has 0 spiro atoms. The molecule has 1 N–H and O–H groups in total. The monoisotopic (exact) mass is 566 g/mol. The summed E-state index contributed by atoms with van der Waals surface area (Å²) in [5, 5.41) is 12.0. The van der Waals surface area contributed by atoms with Gasteiger partial charge in [-0.05, 0) is 62.7 Å². The number of amides is 1. The third-order valence-corrected chi connectivity index (χ3v) is 8.66. The Kier molecular flexibility index (Phi) is 7.94. The van der Waals surface area contributed by atoms with Crippen LogP contribution in [0.2, 0.25) is 0 Å². The quantitative estimate of drug-likeness (QED) is 0.224. The zero-order valence-electron chi connectivity index (χ0n) is 24.0. The molecule has 0 bridgehead atoms. The zero-order valence-corrected chi connectivity index (χ0v) is 24.8. The molecule has 1 aromatic heterocycles. The molecular formula is C33H34N4O3S. The highest BCUT2D eigenvalue weighted by molar-refractivity contribution is 7.17. The number of hydrogen-bond acceptors (Lipinski definition) is 7. The van der Waals surface area contributed by atoms with Gasteiger partial charge in [0.25, 0.3) is 5.91 Å². The van der Waals surface area contributed by atoms with Crippen LogP contribution in [0.5, 0.6) is 0 Å². The number of thiazole rings is 1. The van der Waals surface area contributed by atoms with Crippen LogP contribution in [0.1, 0.15) is 40.8 Å². The summed E-state index contributed by atoms with van der Waals surface area (Å²) in [6, 6.07) is 24.3. The summed E-state index contributed by atoms with van der Waals surface area (Å²) in [5.41, 5.74) is 4.90. The van der Waals surface area contributed by atoms with Crippen LogP contribution in [0.4, 0.5) is 17.1 Å². The van der Waals surface area contributed by atoms with Gasteiger partial charge < -0.3 is 14.9 Å². The minimum atomic E-state index is -0.798. The number of nitrogens with zero attached hydrogens (tertiary/aromatic N) is 4. The van der Waals surface area contributed by atoms with Crippen molar-refractivity contribution in [2.24, 2.45) is 0 Å². The van der Waals surface area contributed by atoms with E-state index >= 15 is 0 Å². The normalized spacial score (nSPS) is 15.0. The summed E-state index contributed by atoms with van der Waals surface area (Å²) in [7, 11) is 3.89. The van der Waals surface area contributed by atoms with Gasteiger partial charge in [-0.25, -0.2) is 4.98 Å². The number of benzene rings is 3. The molecule has 210 valence electrons. The number of ketones is 1. The number of Topliss-reactive ketones (excluding diaryl/α,β-unsaturated/α-hetero) is 1. The van der Waals surface area contributed by atoms with Crippen LogP contribution in [-0.4, -0.2) is 49.0 Å². The Labute approximate surface area is 245 Å². The first-order chi connectivity index (χ1) is 19.7. The molecule has 2 heterocycles. The van der Waals surface area contributed by atoms with Crippen LogP contribution in [0.3, 0.4) is 0 Å². The number of carbonyl (C=O) groups is 2. The van der Waals surface area contributed by atoms with Gasteiger partial charge >= 0.3 is 0 Å². The molecule has 4 aromatic rings. The summed E-state index contributed by atoms with van der Waals surface area (Å²) in [6.07, 6.45) is 0. The minimum absolute atomic E-state index is 0.0636. The lowest BCUT2D eigenvalue weighted by atomic mass is 9.94. The van der Waals surface area contributed by atoms with E-state index in [1.54, 1.807) is 6.92 Å². The highest BCUT2D eigenvalue weighted by Gasteiger charge is 2.45. The number of anilines is 3. The molecule has 1 atom stereocenters. The second kappa shape index (κ2) is 11.6. The van der Waals surface area contributed by atoms with Crippen LogP contribution in [-0.2, 0) is 4.79 Å². The molecule has 0 aliphatic carbocycles. The lowest BCUT2D eigenvalue weighted by Gasteiger charge is -2.28. The first-order valence-corrected chi connectivity index (χ1v) is 14.5. The number of aliphatic hydroxyl groups excluding tert-OH is 1. The van der Waals surface area contributed by atoms with E-state index in [1.165, 1.54) is 16.2 Å². The first-order valence-electron chi connectivity index (χ1n) is 13.7. The van der Waals surface area contributed by atoms with Crippen LogP contribution < -0.4 is 14.7 Å². The number of aliphatic hydroxyl groups is 1. The molecule has 0 fully saturated rings. The van der Waals surface area contributed by atoms with Gasteiger partial charge in [0.2, 0.25) is 5.78 Å². The summed E-state index contributed by atoms with van der Waals surface area (Å²) < 4.78 is 0. The smallest absolute Gasteiger partial charge is 0.294 e. The summed E-state index contributed by atoms with van der Waals surface area (Å²) in [5.74, 6) is -1.52. The summed E-state index contributed by atoms with van der Waals surface area (Å²) in [6.45, 7) is 7.72. The van der Waals surface area contributed by atoms with E-state index in [4.69, 9.17) is 0 Å². The maximum atomic E-state index is 14.2. The largest absolute Gasteiger partial charge is 0.503 e. The summed E-state index contributed by atoms with van der Waals surface area (Å²) in [4.78, 5) is 38.6. The Morgan fingerprint density at radius 2 is 1.54 bits per heavy atom. The average molecular weight is 567 g/mol. The molecular weight excluding hydrogens is 532 g/mol. The van der Waals surface area contributed by atoms with Gasteiger partial charge in [0.05, 0.1) is 22.2 Å². The van der Waals surface area contributed by atoms with E-state index < -0.39 is 23.5 Å². The van der Waals surface area contributed by atoms with Gasteiger partial charge in [-0.2, -0.15) is 0 Å². The van der Waals surface area contributed by atoms with E-state index in [9.17, 15) is 14.7 Å². The molecule has 41 heavy (non-hydrogen) atoms. The molecule has 1 aliphatic heterocycles. The maximum Gasteiger partial charge on any atom is 0.294 e. The Bertz CT molecular complexity index is 1590. The fraction of sp³-hybridized carbons (Fsp3) is 0.242. The van der Waals surface area contributed by atoms with Gasteiger partial charge in [0, 0.05) is 49.8 Å². The van der Waals surface area contributed by atoms with Crippen molar-refractivity contribution in [3.05, 3.63) is 106 Å². The van der Waals surface area contributed by atoms with Crippen molar-refractivity contribution < 1.29 is 14.7 Å². The van der Waals surface area contributed by atoms with Crippen molar-refractivity contribution in [1.82, 2.24) is 4.98 Å². The Hall–Kier alpha value is -4.43. The molecule has 0 saturated carbocycles. The second-order valence-electron chi connectivity index (χ2n) is 10.1. The first kappa shape index (κ1) is 28.1. The third-order valence-electron chi connectivity index (χ3n) is 7.46. The Morgan fingerprint density at radius 3 is 2.12 bits per heavy atom. The SMILES string of the molecule is CCN(CC)c1ccc(C2C(C(=O)c3sc(-c4ccccc4)nc3C)=C(O)C(=O)N2c2ccc(N(C)C)cc2)cc1. The van der Waals surface area contributed by atoms with Gasteiger partial charge in [-0.15, -0.1) is 11.3 Å². The average Bonchev–Trinajstić information content (AvgIpc) is 3.51. The molecule has 8 heteroatoms. The van der Waals surface area contributed by atoms with Crippen molar-refractivity contribution in [3.8, 4) is 10.6 Å². The second-order valence-corrected chi connectivity index (χ2v) is 11.1. The van der Waals surface area contributed by atoms with Crippen LogP contribution in [0.25, 0.3) is 10.6 Å². The Morgan fingerprint density at radius 1 is 0.927 bits per heavy atom. The third kappa shape index (κ3) is 5.23. The zero-order chi connectivity index (χ0) is 29.3. The van der Waals surface area contributed by atoms with E-state index in [2.05, 4.69) is 23.7 Å². The molecule has 5 rings (SSSR count). The van der Waals surface area contributed by atoms with Crippen LogP contribution in [0, 0.1) is 6.92 Å². The topological polar surface area (TPSA) is 77.0 Å². The predicted octanol–water partition coefficient (Wildman–Crippen LogP) is 6.81. The molecule has 1 amide bonds. The van der Waals surface area contributed by atoms with Crippen molar-refractivity contribution >= 4 is 40.1 Å². The summed E-state index contributed by atoms with van der Waals surface area (Å²) >= 11 is 1.27. The van der Waals surface area contributed by atoms with Crippen molar-refractivity contribution in [3.63, 3.8) is 0 Å². The minimum Gasteiger partial charge on any atom is -0.503 e. The molecule has 0 saturated heterocycles. The van der Waals surface area contributed by atoms with Crippen LogP contribution in [0.15, 0.2) is 90.2 Å². The van der Waals surface area contributed by atoms with E-state index in [-0.39, 0.29) is 5.57 Å². The molecule has 1 aliphatic rings. The number of carbonyl (C=O) groups excluding carboxylic acids is 2. The van der Waals surface area contributed by atoms with Gasteiger partial charge in [0.1, 0.15) is 5.01 Å². The van der Waals surface area contributed by atoms with Gasteiger partial charge in [0.15, 0.2) is 5.76 Å². The van der Waals surface area contributed by atoms with E-state index in [0.717, 1.165) is 35.6 Å².